The number of aryl methyl sites for hydroxylation is 1. The minimum atomic E-state index is -0.462. The van der Waals surface area contributed by atoms with E-state index in [4.69, 9.17) is 4.84 Å². The first-order chi connectivity index (χ1) is 16.7. The summed E-state index contributed by atoms with van der Waals surface area (Å²) in [6, 6.07) is 6.66. The molecule has 0 radical (unpaired) electrons. The number of amides is 1. The van der Waals surface area contributed by atoms with Gasteiger partial charge in [-0.2, -0.15) is 5.10 Å². The summed E-state index contributed by atoms with van der Waals surface area (Å²) in [4.78, 5) is 29.9. The van der Waals surface area contributed by atoms with Gasteiger partial charge in [0.15, 0.2) is 5.65 Å². The summed E-state index contributed by atoms with van der Waals surface area (Å²) < 4.78 is 16.7. The van der Waals surface area contributed by atoms with Gasteiger partial charge in [0.25, 0.3) is 5.91 Å². The number of nitrogens with one attached hydrogen (secondary N) is 3. The highest BCUT2D eigenvalue weighted by Crippen LogP contribution is 2.29. The zero-order valence-electron chi connectivity index (χ0n) is 19.8. The van der Waals surface area contributed by atoms with E-state index >= 15 is 0 Å². The molecule has 0 saturated carbocycles. The molecule has 0 fully saturated rings. The van der Waals surface area contributed by atoms with Crippen molar-refractivity contribution in [3.8, 4) is 22.5 Å². The van der Waals surface area contributed by atoms with Gasteiger partial charge in [0, 0.05) is 42.5 Å². The molecule has 5 rings (SSSR count). The molecule has 1 aliphatic heterocycles. The molecule has 0 spiro atoms. The van der Waals surface area contributed by atoms with E-state index in [1.54, 1.807) is 35.3 Å². The fraction of sp³-hybridized carbons (Fsp3) is 0.292. The van der Waals surface area contributed by atoms with Gasteiger partial charge in [-0.3, -0.25) is 9.48 Å². The Morgan fingerprint density at radius 2 is 2.09 bits per heavy atom. The van der Waals surface area contributed by atoms with Gasteiger partial charge in [-0.15, -0.1) is 0 Å². The lowest BCUT2D eigenvalue weighted by molar-refractivity contribution is -0.115. The number of aromatic nitrogens is 5. The molecule has 1 aromatic carbocycles. The third-order valence-electron chi connectivity index (χ3n) is 5.69. The Labute approximate surface area is 200 Å². The summed E-state index contributed by atoms with van der Waals surface area (Å²) in [5.74, 6) is -0.200. The van der Waals surface area contributed by atoms with Crippen LogP contribution in [0.5, 0.6) is 0 Å². The molecule has 1 atom stereocenters. The maximum Gasteiger partial charge on any atom is 0.290 e. The van der Waals surface area contributed by atoms with Crippen molar-refractivity contribution in [3.05, 3.63) is 54.2 Å². The molecular formula is C24H25FN8O2. The van der Waals surface area contributed by atoms with Crippen LogP contribution in [-0.4, -0.2) is 42.7 Å². The van der Waals surface area contributed by atoms with Crippen molar-refractivity contribution in [2.45, 2.75) is 33.5 Å². The summed E-state index contributed by atoms with van der Waals surface area (Å²) in [5.41, 5.74) is 3.55. The lowest BCUT2D eigenvalue weighted by Crippen LogP contribution is -2.45. The van der Waals surface area contributed by atoms with Crippen molar-refractivity contribution in [1.29, 1.82) is 0 Å². The third-order valence-corrected chi connectivity index (χ3v) is 5.69. The topological polar surface area (TPSA) is 122 Å². The molecule has 0 saturated heterocycles. The maximum absolute atomic E-state index is 15.0. The number of H-pyrrole nitrogens is 1. The molecule has 0 bridgehead atoms. The Bertz CT molecular complexity index is 1450. The molecule has 4 heterocycles. The molecule has 1 unspecified atom stereocenters. The van der Waals surface area contributed by atoms with Gasteiger partial charge in [0.1, 0.15) is 17.2 Å². The fourth-order valence-corrected chi connectivity index (χ4v) is 3.71. The number of amidine groups is 1. The number of hydrogen-bond acceptors (Lipinski definition) is 7. The molecule has 4 aromatic rings. The van der Waals surface area contributed by atoms with E-state index in [0.717, 1.165) is 11.1 Å². The Kier molecular flexibility index (Phi) is 5.46. The Balaban J connectivity index is 1.32. The van der Waals surface area contributed by atoms with Gasteiger partial charge in [0.05, 0.1) is 11.8 Å². The van der Waals surface area contributed by atoms with Crippen LogP contribution in [0.3, 0.4) is 0 Å². The van der Waals surface area contributed by atoms with E-state index in [2.05, 4.69) is 35.8 Å². The van der Waals surface area contributed by atoms with E-state index in [9.17, 15) is 9.18 Å². The minimum Gasteiger partial charge on any atom is -0.368 e. The largest absolute Gasteiger partial charge is 0.368 e. The second-order valence-electron chi connectivity index (χ2n) is 9.47. The van der Waals surface area contributed by atoms with Gasteiger partial charge in [-0.05, 0) is 17.7 Å². The molecule has 1 aliphatic rings. The van der Waals surface area contributed by atoms with Crippen LogP contribution in [0.1, 0.15) is 26.3 Å². The number of oxime groups is 1. The van der Waals surface area contributed by atoms with Crippen LogP contribution in [0.4, 0.5) is 4.39 Å². The summed E-state index contributed by atoms with van der Waals surface area (Å²) >= 11 is 0. The molecular weight excluding hydrogens is 451 g/mol. The summed E-state index contributed by atoms with van der Waals surface area (Å²) in [6.45, 7) is 5.91. The van der Waals surface area contributed by atoms with Crippen LogP contribution in [0.2, 0.25) is 0 Å². The van der Waals surface area contributed by atoms with Crippen LogP contribution in [0.25, 0.3) is 33.7 Å². The Hall–Kier alpha value is -4.28. The van der Waals surface area contributed by atoms with Crippen molar-refractivity contribution in [2.24, 2.45) is 17.6 Å². The van der Waals surface area contributed by atoms with E-state index in [1.807, 2.05) is 34.0 Å². The highest BCUT2D eigenvalue weighted by Gasteiger charge is 2.34. The van der Waals surface area contributed by atoms with E-state index < -0.39 is 18.0 Å². The van der Waals surface area contributed by atoms with E-state index in [1.165, 1.54) is 6.07 Å². The van der Waals surface area contributed by atoms with Crippen molar-refractivity contribution < 1.29 is 14.0 Å². The van der Waals surface area contributed by atoms with Crippen LogP contribution in [0.15, 0.2) is 48.0 Å². The zero-order valence-corrected chi connectivity index (χ0v) is 19.8. The van der Waals surface area contributed by atoms with E-state index in [-0.39, 0.29) is 17.8 Å². The number of pyridine rings is 1. The fourth-order valence-electron chi connectivity index (χ4n) is 3.71. The highest BCUT2D eigenvalue weighted by molar-refractivity contribution is 6.38. The predicted octanol–water partition coefficient (Wildman–Crippen LogP) is 3.09. The molecule has 3 aromatic heterocycles. The average Bonchev–Trinajstić information content (AvgIpc) is 3.56. The van der Waals surface area contributed by atoms with E-state index in [0.29, 0.717) is 28.1 Å². The van der Waals surface area contributed by atoms with Crippen molar-refractivity contribution in [3.63, 3.8) is 0 Å². The molecule has 10 nitrogen and oxygen atoms in total. The number of imidazole rings is 1. The second kappa shape index (κ2) is 8.49. The Morgan fingerprint density at radius 3 is 2.77 bits per heavy atom. The first-order valence-corrected chi connectivity index (χ1v) is 11.1. The van der Waals surface area contributed by atoms with Crippen molar-refractivity contribution in [2.75, 3.05) is 0 Å². The van der Waals surface area contributed by atoms with Crippen molar-refractivity contribution >= 4 is 22.9 Å². The second-order valence-corrected chi connectivity index (χ2v) is 9.47. The summed E-state index contributed by atoms with van der Waals surface area (Å²) in [7, 11) is 1.83. The maximum atomic E-state index is 15.0. The standard InChI is InChI=1S/C24H25FN8O2/c1-24(2,3)23-31-21(32-35-23)22(34)27-10-14-6-5-13(9-17(14)25)16-7-8-26-20-18(16)29-19(30-20)15-11-28-33(4)12-15/h5-9,11-12,23H,10H2,1-4H3,(H,27,34)(H,31,32)(H,26,29,30). The summed E-state index contributed by atoms with van der Waals surface area (Å²) in [5, 5.41) is 13.6. The number of nitrogens with zero attached hydrogens (tertiary/aromatic N) is 5. The number of hydrogen-bond donors (Lipinski definition) is 3. The van der Waals surface area contributed by atoms with Crippen LogP contribution in [0, 0.1) is 11.2 Å². The third kappa shape index (κ3) is 4.44. The SMILES string of the molecule is Cn1cc(-c2nc3c(-c4ccc(CNC(=O)C5=NOC(C(C)(C)C)N5)c(F)c4)ccnc3[nH]2)cn1. The van der Waals surface area contributed by atoms with Crippen LogP contribution >= 0.6 is 0 Å². The Morgan fingerprint density at radius 1 is 1.26 bits per heavy atom. The number of carbonyl (C=O) groups excluding carboxylic acids is 1. The molecule has 3 N–H and O–H groups in total. The monoisotopic (exact) mass is 476 g/mol. The highest BCUT2D eigenvalue weighted by atomic mass is 19.1. The summed E-state index contributed by atoms with van der Waals surface area (Å²) in [6.07, 6.45) is 4.80. The number of benzene rings is 1. The number of rotatable bonds is 5. The van der Waals surface area contributed by atoms with Gasteiger partial charge < -0.3 is 20.5 Å². The first kappa shape index (κ1) is 22.5. The number of aromatic amines is 1. The normalized spacial score (nSPS) is 15.6. The zero-order chi connectivity index (χ0) is 24.7. The van der Waals surface area contributed by atoms with Gasteiger partial charge in [0.2, 0.25) is 12.1 Å². The lowest BCUT2D eigenvalue weighted by atomic mass is 9.94. The number of halogens is 1. The van der Waals surface area contributed by atoms with Crippen LogP contribution < -0.4 is 10.6 Å². The smallest absolute Gasteiger partial charge is 0.290 e. The minimum absolute atomic E-state index is 0.00511. The molecule has 0 aliphatic carbocycles. The van der Waals surface area contributed by atoms with Crippen molar-refractivity contribution in [1.82, 2.24) is 35.4 Å². The predicted molar refractivity (Wildman–Crippen MR) is 128 cm³/mol. The molecule has 11 heteroatoms. The van der Waals surface area contributed by atoms with Crippen LogP contribution in [-0.2, 0) is 23.2 Å². The first-order valence-electron chi connectivity index (χ1n) is 11.1. The van der Waals surface area contributed by atoms with Gasteiger partial charge in [-0.25, -0.2) is 14.4 Å². The molecule has 35 heavy (non-hydrogen) atoms. The molecule has 1 amide bonds. The molecule has 180 valence electrons. The number of fused-ring (bicyclic) bond motifs is 1. The lowest BCUT2D eigenvalue weighted by Gasteiger charge is -2.24. The van der Waals surface area contributed by atoms with Gasteiger partial charge in [-0.1, -0.05) is 38.1 Å². The van der Waals surface area contributed by atoms with Gasteiger partial charge >= 0.3 is 0 Å². The quantitative estimate of drug-likeness (QED) is 0.407. The number of carbonyl (C=O) groups is 1. The average molecular weight is 477 g/mol.